The van der Waals surface area contributed by atoms with Crippen LogP contribution in [0.15, 0.2) is 36.5 Å². The van der Waals surface area contributed by atoms with Gasteiger partial charge in [0.1, 0.15) is 11.3 Å². The molecule has 0 amide bonds. The summed E-state index contributed by atoms with van der Waals surface area (Å²) in [6, 6.07) is 9.75. The van der Waals surface area contributed by atoms with Crippen molar-refractivity contribution in [3.05, 3.63) is 42.1 Å². The fraction of sp³-hybridized carbons (Fsp3) is 0.143. The minimum absolute atomic E-state index is 0.785. The predicted octanol–water partition coefficient (Wildman–Crippen LogP) is 2.53. The third-order valence-electron chi connectivity index (χ3n) is 3.24. The molecule has 18 heavy (non-hydrogen) atoms. The summed E-state index contributed by atoms with van der Waals surface area (Å²) in [6.07, 6.45) is 1.78. The van der Waals surface area contributed by atoms with Crippen molar-refractivity contribution in [2.75, 3.05) is 5.73 Å². The van der Waals surface area contributed by atoms with Crippen molar-refractivity contribution in [1.82, 2.24) is 14.5 Å². The number of benzene rings is 1. The van der Waals surface area contributed by atoms with Gasteiger partial charge in [-0.3, -0.25) is 0 Å². The molecule has 0 spiro atoms. The van der Waals surface area contributed by atoms with Crippen LogP contribution in [-0.2, 0) is 7.05 Å². The molecule has 3 rings (SSSR count). The van der Waals surface area contributed by atoms with E-state index in [2.05, 4.69) is 9.97 Å². The molecule has 2 heterocycles. The van der Waals surface area contributed by atoms with E-state index in [9.17, 15) is 0 Å². The van der Waals surface area contributed by atoms with Gasteiger partial charge in [0.05, 0.1) is 0 Å². The standard InChI is InChI=1S/C14H14N4/c1-9-10(5-3-6-11(9)15)13-17-12-7-4-8-16-14(12)18(13)2/h3-8H,15H2,1-2H3. The first-order chi connectivity index (χ1) is 8.68. The fourth-order valence-corrected chi connectivity index (χ4v) is 2.16. The first-order valence-corrected chi connectivity index (χ1v) is 5.81. The maximum Gasteiger partial charge on any atom is 0.159 e. The molecule has 0 aliphatic carbocycles. The van der Waals surface area contributed by atoms with Gasteiger partial charge in [-0.25, -0.2) is 9.97 Å². The lowest BCUT2D eigenvalue weighted by atomic mass is 10.1. The van der Waals surface area contributed by atoms with Crippen LogP contribution < -0.4 is 5.73 Å². The van der Waals surface area contributed by atoms with Crippen molar-refractivity contribution >= 4 is 16.9 Å². The van der Waals surface area contributed by atoms with Crippen LogP contribution in [0.25, 0.3) is 22.6 Å². The van der Waals surface area contributed by atoms with Crippen molar-refractivity contribution in [1.29, 1.82) is 0 Å². The molecule has 1 aromatic carbocycles. The maximum absolute atomic E-state index is 5.95. The van der Waals surface area contributed by atoms with Gasteiger partial charge in [-0.2, -0.15) is 0 Å². The third-order valence-corrected chi connectivity index (χ3v) is 3.24. The van der Waals surface area contributed by atoms with Crippen molar-refractivity contribution in [3.63, 3.8) is 0 Å². The number of nitrogens with zero attached hydrogens (tertiary/aromatic N) is 3. The van der Waals surface area contributed by atoms with Crippen LogP contribution in [0.1, 0.15) is 5.56 Å². The second-order valence-corrected chi connectivity index (χ2v) is 4.36. The van der Waals surface area contributed by atoms with Gasteiger partial charge in [0.25, 0.3) is 0 Å². The van der Waals surface area contributed by atoms with E-state index in [-0.39, 0.29) is 0 Å². The number of hydrogen-bond acceptors (Lipinski definition) is 3. The van der Waals surface area contributed by atoms with Crippen LogP contribution in [0.4, 0.5) is 5.69 Å². The van der Waals surface area contributed by atoms with Gasteiger partial charge in [0.2, 0.25) is 0 Å². The first kappa shape index (κ1) is 10.8. The highest BCUT2D eigenvalue weighted by molar-refractivity contribution is 5.79. The Morgan fingerprint density at radius 1 is 1.17 bits per heavy atom. The third kappa shape index (κ3) is 1.46. The number of imidazole rings is 1. The van der Waals surface area contributed by atoms with Gasteiger partial charge in [-0.15, -0.1) is 0 Å². The Kier molecular flexibility index (Phi) is 2.30. The molecule has 0 fully saturated rings. The largest absolute Gasteiger partial charge is 0.398 e. The van der Waals surface area contributed by atoms with Crippen LogP contribution in [0.5, 0.6) is 0 Å². The second kappa shape index (κ2) is 3.84. The minimum Gasteiger partial charge on any atom is -0.398 e. The van der Waals surface area contributed by atoms with E-state index in [4.69, 9.17) is 5.73 Å². The lowest BCUT2D eigenvalue weighted by Gasteiger charge is -2.07. The SMILES string of the molecule is Cc1c(N)cccc1-c1nc2cccnc2n1C. The number of hydrogen-bond donors (Lipinski definition) is 1. The Morgan fingerprint density at radius 3 is 2.78 bits per heavy atom. The summed E-state index contributed by atoms with van der Waals surface area (Å²) in [5.41, 5.74) is 10.6. The van der Waals surface area contributed by atoms with Gasteiger partial charge < -0.3 is 10.3 Å². The van der Waals surface area contributed by atoms with Crippen molar-refractivity contribution in [2.45, 2.75) is 6.92 Å². The summed E-state index contributed by atoms with van der Waals surface area (Å²) in [4.78, 5) is 8.98. The topological polar surface area (TPSA) is 56.7 Å². The molecule has 0 aliphatic heterocycles. The highest BCUT2D eigenvalue weighted by Gasteiger charge is 2.12. The van der Waals surface area contributed by atoms with Crippen molar-refractivity contribution in [3.8, 4) is 11.4 Å². The van der Waals surface area contributed by atoms with Gasteiger partial charge in [0.15, 0.2) is 5.65 Å². The summed E-state index contributed by atoms with van der Waals surface area (Å²) < 4.78 is 2.00. The molecule has 0 atom stereocenters. The number of pyridine rings is 1. The van der Waals surface area contributed by atoms with E-state index in [1.165, 1.54) is 0 Å². The highest BCUT2D eigenvalue weighted by atomic mass is 15.1. The summed E-state index contributed by atoms with van der Waals surface area (Å²) in [5, 5.41) is 0. The Morgan fingerprint density at radius 2 is 2.00 bits per heavy atom. The zero-order valence-electron chi connectivity index (χ0n) is 10.4. The molecule has 3 aromatic rings. The Labute approximate surface area is 105 Å². The number of anilines is 1. The summed E-state index contributed by atoms with van der Waals surface area (Å²) in [6.45, 7) is 2.01. The number of aromatic nitrogens is 3. The number of rotatable bonds is 1. The quantitative estimate of drug-likeness (QED) is 0.663. The van der Waals surface area contributed by atoms with Crippen molar-refractivity contribution < 1.29 is 0 Å². The lowest BCUT2D eigenvalue weighted by molar-refractivity contribution is 0.940. The van der Waals surface area contributed by atoms with Gasteiger partial charge in [-0.1, -0.05) is 12.1 Å². The van der Waals surface area contributed by atoms with E-state index < -0.39 is 0 Å². The van der Waals surface area contributed by atoms with E-state index in [0.29, 0.717) is 0 Å². The molecular weight excluding hydrogens is 224 g/mol. The smallest absolute Gasteiger partial charge is 0.159 e. The molecule has 4 heteroatoms. The molecule has 4 nitrogen and oxygen atoms in total. The van der Waals surface area contributed by atoms with Gasteiger partial charge in [0, 0.05) is 24.5 Å². The minimum atomic E-state index is 0.785. The highest BCUT2D eigenvalue weighted by Crippen LogP contribution is 2.27. The summed E-state index contributed by atoms with van der Waals surface area (Å²) in [7, 11) is 1.97. The Hall–Kier alpha value is -2.36. The van der Waals surface area contributed by atoms with Crippen LogP contribution in [0.3, 0.4) is 0 Å². The van der Waals surface area contributed by atoms with E-state index in [1.807, 2.05) is 48.9 Å². The number of aryl methyl sites for hydroxylation is 1. The van der Waals surface area contributed by atoms with Crippen LogP contribution in [-0.4, -0.2) is 14.5 Å². The summed E-state index contributed by atoms with van der Waals surface area (Å²) >= 11 is 0. The first-order valence-electron chi connectivity index (χ1n) is 5.81. The molecule has 90 valence electrons. The second-order valence-electron chi connectivity index (χ2n) is 4.36. The zero-order chi connectivity index (χ0) is 12.7. The van der Waals surface area contributed by atoms with E-state index in [1.54, 1.807) is 6.20 Å². The molecule has 2 aromatic heterocycles. The van der Waals surface area contributed by atoms with E-state index >= 15 is 0 Å². The predicted molar refractivity (Wildman–Crippen MR) is 73.1 cm³/mol. The fourth-order valence-electron chi connectivity index (χ4n) is 2.16. The molecule has 0 saturated heterocycles. The zero-order valence-corrected chi connectivity index (χ0v) is 10.4. The molecule has 0 radical (unpaired) electrons. The summed E-state index contributed by atoms with van der Waals surface area (Å²) in [5.74, 6) is 0.897. The molecule has 0 aliphatic rings. The molecule has 0 bridgehead atoms. The van der Waals surface area contributed by atoms with Crippen LogP contribution >= 0.6 is 0 Å². The van der Waals surface area contributed by atoms with E-state index in [0.717, 1.165) is 33.8 Å². The average molecular weight is 238 g/mol. The van der Waals surface area contributed by atoms with Crippen LogP contribution in [0, 0.1) is 6.92 Å². The number of fused-ring (bicyclic) bond motifs is 1. The molecular formula is C14H14N4. The number of nitrogens with two attached hydrogens (primary N) is 1. The average Bonchev–Trinajstić information content (AvgIpc) is 2.71. The molecule has 0 saturated carbocycles. The number of nitrogen functional groups attached to an aromatic ring is 1. The van der Waals surface area contributed by atoms with Gasteiger partial charge >= 0.3 is 0 Å². The lowest BCUT2D eigenvalue weighted by Crippen LogP contribution is -1.97. The van der Waals surface area contributed by atoms with Gasteiger partial charge in [-0.05, 0) is 30.7 Å². The Balaban J connectivity index is 2.32. The molecule has 2 N–H and O–H groups in total. The normalized spacial score (nSPS) is 11.0. The monoisotopic (exact) mass is 238 g/mol. The Bertz CT molecular complexity index is 728. The van der Waals surface area contributed by atoms with Crippen LogP contribution in [0.2, 0.25) is 0 Å². The van der Waals surface area contributed by atoms with Crippen molar-refractivity contribution in [2.24, 2.45) is 7.05 Å². The maximum atomic E-state index is 5.95. The molecule has 0 unspecified atom stereocenters.